The molecular formula is C18H26N6O2S. The summed E-state index contributed by atoms with van der Waals surface area (Å²) in [5.41, 5.74) is 2.31. The van der Waals surface area contributed by atoms with E-state index in [-0.39, 0.29) is 4.90 Å². The highest BCUT2D eigenvalue weighted by molar-refractivity contribution is 7.89. The Labute approximate surface area is 160 Å². The summed E-state index contributed by atoms with van der Waals surface area (Å²) in [5, 5.41) is 12.8. The minimum Gasteiger partial charge on any atom is -0.356 e. The molecule has 1 aliphatic heterocycles. The molecule has 8 nitrogen and oxygen atoms in total. The Kier molecular flexibility index (Phi) is 5.81. The third-order valence-electron chi connectivity index (χ3n) is 4.84. The van der Waals surface area contributed by atoms with Crippen LogP contribution in [0.2, 0.25) is 0 Å². The average Bonchev–Trinajstić information content (AvgIpc) is 3.27. The molecule has 146 valence electrons. The summed E-state index contributed by atoms with van der Waals surface area (Å²) >= 11 is 0. The fourth-order valence-electron chi connectivity index (χ4n) is 3.37. The van der Waals surface area contributed by atoms with Crippen LogP contribution < -0.4 is 10.5 Å². The van der Waals surface area contributed by atoms with Crippen molar-refractivity contribution in [2.45, 2.75) is 23.7 Å². The van der Waals surface area contributed by atoms with Gasteiger partial charge in [-0.1, -0.05) is 12.1 Å². The molecule has 1 aromatic carbocycles. The number of aliphatic imine (C=N–C) groups is 1. The van der Waals surface area contributed by atoms with Crippen molar-refractivity contribution in [3.05, 3.63) is 47.8 Å². The van der Waals surface area contributed by atoms with Crippen molar-refractivity contribution in [3.8, 4) is 0 Å². The highest BCUT2D eigenvalue weighted by Gasteiger charge is 2.26. The molecule has 1 aliphatic rings. The van der Waals surface area contributed by atoms with Gasteiger partial charge in [0.2, 0.25) is 10.0 Å². The van der Waals surface area contributed by atoms with Crippen molar-refractivity contribution in [3.63, 3.8) is 0 Å². The van der Waals surface area contributed by atoms with Crippen LogP contribution in [0.3, 0.4) is 0 Å². The summed E-state index contributed by atoms with van der Waals surface area (Å²) in [6, 6.07) is 6.66. The number of likely N-dealkylation sites (tertiary alicyclic amines) is 1. The van der Waals surface area contributed by atoms with E-state index in [2.05, 4.69) is 26.5 Å². The zero-order valence-electron chi connectivity index (χ0n) is 15.7. The molecule has 2 aromatic rings. The molecule has 0 radical (unpaired) electrons. The van der Waals surface area contributed by atoms with Crippen molar-refractivity contribution in [2.24, 2.45) is 17.2 Å². The second-order valence-corrected chi connectivity index (χ2v) is 8.35. The van der Waals surface area contributed by atoms with Crippen LogP contribution in [-0.4, -0.2) is 55.7 Å². The highest BCUT2D eigenvalue weighted by atomic mass is 32.2. The first-order valence-corrected chi connectivity index (χ1v) is 10.5. The molecule has 2 heterocycles. The predicted molar refractivity (Wildman–Crippen MR) is 105 cm³/mol. The molecule has 1 fully saturated rings. The van der Waals surface area contributed by atoms with Crippen molar-refractivity contribution in [2.75, 3.05) is 26.7 Å². The third kappa shape index (κ3) is 4.86. The van der Waals surface area contributed by atoms with Gasteiger partial charge in [0.15, 0.2) is 5.96 Å². The lowest BCUT2D eigenvalue weighted by Crippen LogP contribution is -2.40. The third-order valence-corrected chi connectivity index (χ3v) is 5.77. The Morgan fingerprint density at radius 3 is 2.70 bits per heavy atom. The molecule has 1 saturated heterocycles. The van der Waals surface area contributed by atoms with Gasteiger partial charge < -0.3 is 10.2 Å². The van der Waals surface area contributed by atoms with Gasteiger partial charge in [0, 0.05) is 45.8 Å². The Hall–Kier alpha value is -2.39. The predicted octanol–water partition coefficient (Wildman–Crippen LogP) is 0.675. The first-order valence-electron chi connectivity index (χ1n) is 8.92. The van der Waals surface area contributed by atoms with Gasteiger partial charge in [-0.15, -0.1) is 0 Å². The van der Waals surface area contributed by atoms with Crippen LogP contribution >= 0.6 is 0 Å². The number of aromatic nitrogens is 2. The number of rotatable bonds is 5. The van der Waals surface area contributed by atoms with Gasteiger partial charge in [-0.25, -0.2) is 13.6 Å². The molecule has 9 heteroatoms. The fraction of sp³-hybridized carbons (Fsp3) is 0.444. The van der Waals surface area contributed by atoms with E-state index in [0.717, 1.165) is 44.0 Å². The number of nitrogens with one attached hydrogen (secondary N) is 1. The number of primary sulfonamides is 1. The van der Waals surface area contributed by atoms with Gasteiger partial charge in [0.1, 0.15) is 0 Å². The number of aryl methyl sites for hydroxylation is 1. The quantitative estimate of drug-likeness (QED) is 0.577. The number of nitrogens with zero attached hydrogens (tertiary/aromatic N) is 4. The van der Waals surface area contributed by atoms with Crippen LogP contribution in [0.5, 0.6) is 0 Å². The standard InChI is InChI=1S/C18H26N6O2S/c1-20-18(24-10-8-15(13-24)16-11-22-23(2)12-16)21-9-7-14-3-5-17(6-4-14)27(19,25)26/h3-6,11-12,15H,7-10,13H2,1-2H3,(H,20,21)(H2,19,25,26). The number of hydrogen-bond acceptors (Lipinski definition) is 4. The lowest BCUT2D eigenvalue weighted by atomic mass is 10.0. The van der Waals surface area contributed by atoms with Crippen molar-refractivity contribution in [1.29, 1.82) is 0 Å². The maximum absolute atomic E-state index is 11.3. The average molecular weight is 391 g/mol. The van der Waals surface area contributed by atoms with E-state index >= 15 is 0 Å². The first kappa shape index (κ1) is 19.4. The van der Waals surface area contributed by atoms with Crippen molar-refractivity contribution in [1.82, 2.24) is 20.0 Å². The van der Waals surface area contributed by atoms with E-state index < -0.39 is 10.0 Å². The van der Waals surface area contributed by atoms with Gasteiger partial charge in [-0.2, -0.15) is 5.10 Å². The molecule has 0 amide bonds. The van der Waals surface area contributed by atoms with Gasteiger partial charge in [0.05, 0.1) is 11.1 Å². The van der Waals surface area contributed by atoms with Gasteiger partial charge in [-0.05, 0) is 36.1 Å². The molecule has 0 spiro atoms. The maximum atomic E-state index is 11.3. The summed E-state index contributed by atoms with van der Waals surface area (Å²) in [6.45, 7) is 2.60. The Balaban J connectivity index is 1.51. The van der Waals surface area contributed by atoms with Crippen molar-refractivity contribution >= 4 is 16.0 Å². The second-order valence-electron chi connectivity index (χ2n) is 6.79. The SMILES string of the molecule is CN=C(NCCc1ccc(S(N)(=O)=O)cc1)N1CCC(c2cnn(C)c2)C1. The van der Waals surface area contributed by atoms with E-state index in [0.29, 0.717) is 5.92 Å². The summed E-state index contributed by atoms with van der Waals surface area (Å²) < 4.78 is 24.4. The lowest BCUT2D eigenvalue weighted by Gasteiger charge is -2.21. The van der Waals surface area contributed by atoms with Crippen LogP contribution in [-0.2, 0) is 23.5 Å². The maximum Gasteiger partial charge on any atom is 0.238 e. The molecule has 3 rings (SSSR count). The van der Waals surface area contributed by atoms with E-state index in [1.54, 1.807) is 31.3 Å². The number of sulfonamides is 1. The highest BCUT2D eigenvalue weighted by Crippen LogP contribution is 2.26. The second kappa shape index (κ2) is 8.10. The molecule has 1 unspecified atom stereocenters. The molecule has 3 N–H and O–H groups in total. The minimum atomic E-state index is -3.64. The number of hydrogen-bond donors (Lipinski definition) is 2. The Morgan fingerprint density at radius 2 is 2.11 bits per heavy atom. The molecule has 1 aromatic heterocycles. The van der Waals surface area contributed by atoms with E-state index in [1.807, 2.05) is 17.9 Å². The topological polar surface area (TPSA) is 106 Å². The summed E-state index contributed by atoms with van der Waals surface area (Å²) in [6.07, 6.45) is 5.87. The van der Waals surface area contributed by atoms with Crippen LogP contribution in [0.15, 0.2) is 46.5 Å². The normalized spacial score (nSPS) is 18.1. The minimum absolute atomic E-state index is 0.133. The summed E-state index contributed by atoms with van der Waals surface area (Å²) in [4.78, 5) is 6.79. The number of benzene rings is 1. The van der Waals surface area contributed by atoms with Gasteiger partial charge in [0.25, 0.3) is 0 Å². The number of nitrogens with two attached hydrogens (primary N) is 1. The Morgan fingerprint density at radius 1 is 1.37 bits per heavy atom. The van der Waals surface area contributed by atoms with Crippen LogP contribution in [0.25, 0.3) is 0 Å². The number of guanidine groups is 1. The first-order chi connectivity index (χ1) is 12.9. The smallest absolute Gasteiger partial charge is 0.238 e. The monoisotopic (exact) mass is 390 g/mol. The lowest BCUT2D eigenvalue weighted by molar-refractivity contribution is 0.486. The van der Waals surface area contributed by atoms with E-state index in [4.69, 9.17) is 5.14 Å². The van der Waals surface area contributed by atoms with Crippen molar-refractivity contribution < 1.29 is 8.42 Å². The molecule has 0 saturated carbocycles. The summed E-state index contributed by atoms with van der Waals surface area (Å²) in [7, 11) is 0.0864. The fourth-order valence-corrected chi connectivity index (χ4v) is 3.89. The van der Waals surface area contributed by atoms with E-state index in [9.17, 15) is 8.42 Å². The van der Waals surface area contributed by atoms with Crippen LogP contribution in [0.1, 0.15) is 23.5 Å². The zero-order chi connectivity index (χ0) is 19.4. The zero-order valence-corrected chi connectivity index (χ0v) is 16.5. The van der Waals surface area contributed by atoms with Gasteiger partial charge >= 0.3 is 0 Å². The molecular weight excluding hydrogens is 364 g/mol. The van der Waals surface area contributed by atoms with Crippen LogP contribution in [0.4, 0.5) is 0 Å². The Bertz CT molecular complexity index is 904. The molecule has 27 heavy (non-hydrogen) atoms. The van der Waals surface area contributed by atoms with Crippen LogP contribution in [0, 0.1) is 0 Å². The summed E-state index contributed by atoms with van der Waals surface area (Å²) in [5.74, 6) is 1.37. The molecule has 0 bridgehead atoms. The van der Waals surface area contributed by atoms with E-state index in [1.165, 1.54) is 5.56 Å². The molecule has 1 atom stereocenters. The van der Waals surface area contributed by atoms with Gasteiger partial charge in [-0.3, -0.25) is 9.67 Å². The largest absolute Gasteiger partial charge is 0.356 e. The molecule has 0 aliphatic carbocycles.